The second kappa shape index (κ2) is 9.47. The van der Waals surface area contributed by atoms with Crippen molar-refractivity contribution in [3.8, 4) is 11.5 Å². The monoisotopic (exact) mass is 499 g/mol. The number of benzene rings is 2. The van der Waals surface area contributed by atoms with Crippen molar-refractivity contribution < 1.29 is 19.2 Å². The van der Waals surface area contributed by atoms with Crippen molar-refractivity contribution in [2.75, 3.05) is 13.7 Å². The van der Waals surface area contributed by atoms with Gasteiger partial charge in [0, 0.05) is 11.6 Å². The van der Waals surface area contributed by atoms with Crippen LogP contribution in [0.15, 0.2) is 44.4 Å². The first kappa shape index (κ1) is 20.8. The van der Waals surface area contributed by atoms with Crippen LogP contribution in [0, 0.1) is 17.0 Å². The molecule has 0 atom stereocenters. The maximum absolute atomic E-state index is 11.9. The molecule has 0 saturated carbocycles. The lowest BCUT2D eigenvalue weighted by atomic mass is 10.2. The van der Waals surface area contributed by atoms with E-state index in [2.05, 4.69) is 42.4 Å². The van der Waals surface area contributed by atoms with Gasteiger partial charge in [-0.2, -0.15) is 5.10 Å². The Morgan fingerprint density at radius 3 is 2.56 bits per heavy atom. The molecule has 0 saturated heterocycles. The number of ether oxygens (including phenoxy) is 2. The van der Waals surface area contributed by atoms with Gasteiger partial charge in [0.15, 0.2) is 12.4 Å². The smallest absolute Gasteiger partial charge is 0.311 e. The van der Waals surface area contributed by atoms with E-state index in [1.54, 1.807) is 6.07 Å². The highest BCUT2D eigenvalue weighted by Crippen LogP contribution is 2.34. The number of hydrogen-bond donors (Lipinski definition) is 1. The maximum atomic E-state index is 11.9. The molecule has 0 aliphatic heterocycles. The van der Waals surface area contributed by atoms with Crippen LogP contribution in [0.4, 0.5) is 5.69 Å². The largest absolute Gasteiger partial charge is 0.490 e. The summed E-state index contributed by atoms with van der Waals surface area (Å²) in [6.07, 6.45) is 1.29. The van der Waals surface area contributed by atoms with E-state index in [9.17, 15) is 14.9 Å². The Morgan fingerprint density at radius 1 is 1.30 bits per heavy atom. The Kier molecular flexibility index (Phi) is 7.31. The number of methoxy groups -OCH3 is 1. The summed E-state index contributed by atoms with van der Waals surface area (Å²) in [7, 11) is 1.35. The molecule has 2 aromatic rings. The highest BCUT2D eigenvalue weighted by molar-refractivity contribution is 9.11. The summed E-state index contributed by atoms with van der Waals surface area (Å²) in [5.74, 6) is 0.169. The van der Waals surface area contributed by atoms with Crippen LogP contribution in [0.3, 0.4) is 0 Å². The molecule has 0 radical (unpaired) electrons. The molecule has 0 aromatic heterocycles. The molecule has 8 nitrogen and oxygen atoms in total. The van der Waals surface area contributed by atoms with Crippen molar-refractivity contribution in [3.63, 3.8) is 0 Å². The van der Waals surface area contributed by atoms with Crippen molar-refractivity contribution in [3.05, 3.63) is 60.5 Å². The summed E-state index contributed by atoms with van der Waals surface area (Å²) in [6, 6.07) is 8.07. The van der Waals surface area contributed by atoms with Crippen molar-refractivity contribution in [2.45, 2.75) is 6.92 Å². The normalized spacial score (nSPS) is 10.7. The molecular formula is C17H15Br2N3O5. The van der Waals surface area contributed by atoms with Crippen LogP contribution in [0.1, 0.15) is 11.1 Å². The van der Waals surface area contributed by atoms with E-state index in [-0.39, 0.29) is 18.0 Å². The molecule has 0 spiro atoms. The Balaban J connectivity index is 1.96. The van der Waals surface area contributed by atoms with Crippen molar-refractivity contribution >= 4 is 49.7 Å². The molecule has 0 heterocycles. The third kappa shape index (κ3) is 5.76. The van der Waals surface area contributed by atoms with Gasteiger partial charge in [-0.05, 0) is 68.6 Å². The maximum Gasteiger partial charge on any atom is 0.311 e. The molecule has 142 valence electrons. The lowest BCUT2D eigenvalue weighted by molar-refractivity contribution is -0.385. The zero-order valence-electron chi connectivity index (χ0n) is 14.4. The van der Waals surface area contributed by atoms with Crippen LogP contribution in [-0.2, 0) is 4.79 Å². The van der Waals surface area contributed by atoms with Gasteiger partial charge in [-0.1, -0.05) is 0 Å². The number of carbonyl (C=O) groups excluding carboxylic acids is 1. The summed E-state index contributed by atoms with van der Waals surface area (Å²) in [5, 5.41) is 14.8. The lowest BCUT2D eigenvalue weighted by Crippen LogP contribution is -2.24. The average molecular weight is 501 g/mol. The SMILES string of the molecule is COc1ccc(/C=N\NC(=O)COc2c(Br)cc(C)cc2Br)cc1[N+](=O)[O-]. The van der Waals surface area contributed by atoms with Gasteiger partial charge in [-0.3, -0.25) is 14.9 Å². The Bertz CT molecular complexity index is 879. The van der Waals surface area contributed by atoms with E-state index < -0.39 is 10.8 Å². The van der Waals surface area contributed by atoms with Gasteiger partial charge >= 0.3 is 5.69 Å². The Labute approximate surface area is 172 Å². The highest BCUT2D eigenvalue weighted by atomic mass is 79.9. The lowest BCUT2D eigenvalue weighted by Gasteiger charge is -2.10. The van der Waals surface area contributed by atoms with Crippen LogP contribution in [0.2, 0.25) is 0 Å². The molecule has 1 N–H and O–H groups in total. The molecule has 2 aromatic carbocycles. The number of amides is 1. The van der Waals surface area contributed by atoms with Gasteiger partial charge in [-0.25, -0.2) is 5.43 Å². The van der Waals surface area contributed by atoms with Gasteiger partial charge in [0.2, 0.25) is 0 Å². The Hall–Kier alpha value is -2.46. The number of nitro benzene ring substituents is 1. The van der Waals surface area contributed by atoms with Crippen molar-refractivity contribution in [1.29, 1.82) is 0 Å². The molecular weight excluding hydrogens is 486 g/mol. The number of halogens is 2. The van der Waals surface area contributed by atoms with Crippen LogP contribution >= 0.6 is 31.9 Å². The number of aryl methyl sites for hydroxylation is 1. The van der Waals surface area contributed by atoms with E-state index in [1.807, 2.05) is 19.1 Å². The van der Waals surface area contributed by atoms with Gasteiger partial charge in [0.25, 0.3) is 5.91 Å². The molecule has 0 unspecified atom stereocenters. The van der Waals surface area contributed by atoms with Crippen LogP contribution in [-0.4, -0.2) is 30.8 Å². The molecule has 10 heteroatoms. The number of nitro groups is 1. The zero-order chi connectivity index (χ0) is 20.0. The van der Waals surface area contributed by atoms with Gasteiger partial charge in [-0.15, -0.1) is 0 Å². The fraction of sp³-hybridized carbons (Fsp3) is 0.176. The minimum atomic E-state index is -0.556. The predicted octanol–water partition coefficient (Wildman–Crippen LogP) is 3.97. The second-order valence-electron chi connectivity index (χ2n) is 5.33. The molecule has 0 aliphatic carbocycles. The van der Waals surface area contributed by atoms with Crippen LogP contribution < -0.4 is 14.9 Å². The second-order valence-corrected chi connectivity index (χ2v) is 7.04. The van der Waals surface area contributed by atoms with Crippen molar-refractivity contribution in [1.82, 2.24) is 5.43 Å². The molecule has 2 rings (SSSR count). The molecule has 0 aliphatic rings. The minimum Gasteiger partial charge on any atom is -0.490 e. The third-order valence-corrected chi connectivity index (χ3v) is 4.47. The standard InChI is InChI=1S/C17H15Br2N3O5/c1-10-5-12(18)17(13(19)6-10)27-9-16(23)21-20-8-11-3-4-15(26-2)14(7-11)22(24)25/h3-8H,9H2,1-2H3,(H,21,23)/b20-8-. The van der Waals surface area contributed by atoms with Gasteiger partial charge < -0.3 is 9.47 Å². The van der Waals surface area contributed by atoms with Crippen LogP contribution in [0.25, 0.3) is 0 Å². The summed E-state index contributed by atoms with van der Waals surface area (Å²) < 4.78 is 11.8. The van der Waals surface area contributed by atoms with E-state index in [0.717, 1.165) is 14.5 Å². The fourth-order valence-corrected chi connectivity index (χ4v) is 3.75. The minimum absolute atomic E-state index is 0.142. The average Bonchev–Trinajstić information content (AvgIpc) is 2.60. The fourth-order valence-electron chi connectivity index (χ4n) is 2.10. The van der Waals surface area contributed by atoms with Crippen molar-refractivity contribution in [2.24, 2.45) is 5.10 Å². The number of hydrazone groups is 1. The topological polar surface area (TPSA) is 103 Å². The van der Waals surface area contributed by atoms with Gasteiger partial charge in [0.05, 0.1) is 27.2 Å². The number of carbonyl (C=O) groups is 1. The summed E-state index contributed by atoms with van der Waals surface area (Å²) in [4.78, 5) is 22.3. The first-order chi connectivity index (χ1) is 12.8. The first-order valence-corrected chi connectivity index (χ1v) is 9.13. The summed E-state index contributed by atoms with van der Waals surface area (Å²) in [6.45, 7) is 1.69. The summed E-state index contributed by atoms with van der Waals surface area (Å²) in [5.41, 5.74) is 3.58. The molecule has 1 amide bonds. The van der Waals surface area contributed by atoms with Gasteiger partial charge in [0.1, 0.15) is 5.75 Å². The third-order valence-electron chi connectivity index (χ3n) is 3.29. The zero-order valence-corrected chi connectivity index (χ0v) is 17.5. The predicted molar refractivity (Wildman–Crippen MR) is 107 cm³/mol. The van der Waals surface area contributed by atoms with Crippen LogP contribution in [0.5, 0.6) is 11.5 Å². The number of nitrogens with one attached hydrogen (secondary N) is 1. The first-order valence-electron chi connectivity index (χ1n) is 7.54. The van der Waals surface area contributed by atoms with E-state index in [0.29, 0.717) is 11.3 Å². The highest BCUT2D eigenvalue weighted by Gasteiger charge is 2.14. The quantitative estimate of drug-likeness (QED) is 0.352. The molecule has 0 bridgehead atoms. The molecule has 0 fully saturated rings. The van der Waals surface area contributed by atoms with E-state index in [1.165, 1.54) is 25.5 Å². The number of rotatable bonds is 7. The van der Waals surface area contributed by atoms with E-state index >= 15 is 0 Å². The number of nitrogens with zero attached hydrogens (tertiary/aromatic N) is 2. The summed E-state index contributed by atoms with van der Waals surface area (Å²) >= 11 is 6.76. The number of hydrogen-bond acceptors (Lipinski definition) is 6. The van der Waals surface area contributed by atoms with E-state index in [4.69, 9.17) is 9.47 Å². The Morgan fingerprint density at radius 2 is 1.96 bits per heavy atom. The molecule has 27 heavy (non-hydrogen) atoms.